The van der Waals surface area contributed by atoms with Gasteiger partial charge in [-0.15, -0.1) is 0 Å². The normalized spacial score (nSPS) is 16.4. The van der Waals surface area contributed by atoms with Crippen molar-refractivity contribution in [3.8, 4) is 11.5 Å². The SMILES string of the molecule is CCN1CCC(CNC(=O)c2ccnc(-c3ccco3)c2)CC1. The van der Waals surface area contributed by atoms with E-state index in [0.717, 1.165) is 39.0 Å². The van der Waals surface area contributed by atoms with Crippen LogP contribution in [0.25, 0.3) is 11.5 Å². The third-order valence-electron chi connectivity index (χ3n) is 4.50. The molecule has 1 aliphatic heterocycles. The van der Waals surface area contributed by atoms with Crippen molar-refractivity contribution in [2.45, 2.75) is 19.8 Å². The molecule has 0 spiro atoms. The molecule has 0 saturated carbocycles. The van der Waals surface area contributed by atoms with Crippen molar-refractivity contribution < 1.29 is 9.21 Å². The number of nitrogens with zero attached hydrogens (tertiary/aromatic N) is 2. The highest BCUT2D eigenvalue weighted by atomic mass is 16.3. The van der Waals surface area contributed by atoms with E-state index in [9.17, 15) is 4.79 Å². The Morgan fingerprint density at radius 1 is 1.39 bits per heavy atom. The van der Waals surface area contributed by atoms with Gasteiger partial charge in [0, 0.05) is 18.3 Å². The Hall–Kier alpha value is -2.14. The topological polar surface area (TPSA) is 58.4 Å². The minimum absolute atomic E-state index is 0.0434. The number of hydrogen-bond acceptors (Lipinski definition) is 4. The van der Waals surface area contributed by atoms with Gasteiger partial charge in [-0.1, -0.05) is 6.92 Å². The fourth-order valence-electron chi connectivity index (χ4n) is 2.98. The Labute approximate surface area is 136 Å². The van der Waals surface area contributed by atoms with E-state index in [1.807, 2.05) is 12.1 Å². The van der Waals surface area contributed by atoms with Gasteiger partial charge in [0.2, 0.25) is 0 Å². The molecule has 0 aromatic carbocycles. The summed E-state index contributed by atoms with van der Waals surface area (Å²) in [6, 6.07) is 7.16. The van der Waals surface area contributed by atoms with Gasteiger partial charge >= 0.3 is 0 Å². The van der Waals surface area contributed by atoms with E-state index in [4.69, 9.17) is 4.42 Å². The highest BCUT2D eigenvalue weighted by molar-refractivity contribution is 5.94. The standard InChI is InChI=1S/C18H23N3O2/c1-2-21-9-6-14(7-10-21)13-20-18(22)15-5-8-19-16(12-15)17-4-3-11-23-17/h3-5,8,11-12,14H,2,6-7,9-10,13H2,1H3,(H,20,22). The van der Waals surface area contributed by atoms with E-state index in [2.05, 4.69) is 22.1 Å². The van der Waals surface area contributed by atoms with Crippen molar-refractivity contribution in [3.05, 3.63) is 42.3 Å². The Morgan fingerprint density at radius 3 is 2.91 bits per heavy atom. The molecule has 1 amide bonds. The first-order valence-corrected chi connectivity index (χ1v) is 8.26. The number of nitrogens with one attached hydrogen (secondary N) is 1. The maximum atomic E-state index is 12.3. The number of furan rings is 1. The molecule has 5 nitrogen and oxygen atoms in total. The molecular weight excluding hydrogens is 290 g/mol. The Kier molecular flexibility index (Phi) is 5.08. The molecule has 1 saturated heterocycles. The predicted octanol–water partition coefficient (Wildman–Crippen LogP) is 2.80. The summed E-state index contributed by atoms with van der Waals surface area (Å²) in [6.45, 7) is 6.33. The number of likely N-dealkylation sites (tertiary alicyclic amines) is 1. The number of carbonyl (C=O) groups excluding carboxylic acids is 1. The number of piperidine rings is 1. The van der Waals surface area contributed by atoms with Crippen LogP contribution in [-0.4, -0.2) is 42.0 Å². The molecule has 0 radical (unpaired) electrons. The number of rotatable bonds is 5. The molecule has 0 unspecified atom stereocenters. The first kappa shape index (κ1) is 15.7. The highest BCUT2D eigenvalue weighted by Gasteiger charge is 2.19. The van der Waals surface area contributed by atoms with Crippen LogP contribution in [0.4, 0.5) is 0 Å². The Bertz CT molecular complexity index is 631. The number of hydrogen-bond donors (Lipinski definition) is 1. The van der Waals surface area contributed by atoms with Crippen LogP contribution in [0.15, 0.2) is 41.1 Å². The van der Waals surface area contributed by atoms with Crippen molar-refractivity contribution >= 4 is 5.91 Å². The molecule has 1 N–H and O–H groups in total. The quantitative estimate of drug-likeness (QED) is 0.922. The molecule has 3 rings (SSSR count). The average Bonchev–Trinajstić information content (AvgIpc) is 3.15. The lowest BCUT2D eigenvalue weighted by molar-refractivity contribution is 0.0937. The molecule has 23 heavy (non-hydrogen) atoms. The number of amides is 1. The third kappa shape index (κ3) is 3.99. The summed E-state index contributed by atoms with van der Waals surface area (Å²) in [5.74, 6) is 1.21. The van der Waals surface area contributed by atoms with E-state index < -0.39 is 0 Å². The van der Waals surface area contributed by atoms with Crippen LogP contribution in [0, 0.1) is 5.92 Å². The maximum absolute atomic E-state index is 12.3. The van der Waals surface area contributed by atoms with E-state index in [1.165, 1.54) is 0 Å². The van der Waals surface area contributed by atoms with Gasteiger partial charge in [0.05, 0.1) is 6.26 Å². The maximum Gasteiger partial charge on any atom is 0.251 e. The lowest BCUT2D eigenvalue weighted by Gasteiger charge is -2.31. The van der Waals surface area contributed by atoms with Crippen molar-refractivity contribution in [1.82, 2.24) is 15.2 Å². The van der Waals surface area contributed by atoms with Crippen molar-refractivity contribution in [1.29, 1.82) is 0 Å². The van der Waals surface area contributed by atoms with Gasteiger partial charge in [0.15, 0.2) is 5.76 Å². The predicted molar refractivity (Wildman–Crippen MR) is 89.1 cm³/mol. The smallest absolute Gasteiger partial charge is 0.251 e. The van der Waals surface area contributed by atoms with Crippen LogP contribution < -0.4 is 5.32 Å². The summed E-state index contributed by atoms with van der Waals surface area (Å²) in [5, 5.41) is 3.06. The zero-order chi connectivity index (χ0) is 16.1. The first-order valence-electron chi connectivity index (χ1n) is 8.26. The summed E-state index contributed by atoms with van der Waals surface area (Å²) >= 11 is 0. The fraction of sp³-hybridized carbons (Fsp3) is 0.444. The van der Waals surface area contributed by atoms with Gasteiger partial charge in [-0.05, 0) is 62.7 Å². The minimum atomic E-state index is -0.0434. The molecule has 1 aliphatic rings. The molecule has 0 atom stereocenters. The van der Waals surface area contributed by atoms with Gasteiger partial charge in [0.1, 0.15) is 5.69 Å². The van der Waals surface area contributed by atoms with E-state index in [0.29, 0.717) is 22.9 Å². The minimum Gasteiger partial charge on any atom is -0.463 e. The van der Waals surface area contributed by atoms with E-state index >= 15 is 0 Å². The second-order valence-electron chi connectivity index (χ2n) is 5.99. The Balaban J connectivity index is 1.55. The summed E-state index contributed by atoms with van der Waals surface area (Å²) in [6.07, 6.45) is 5.56. The van der Waals surface area contributed by atoms with E-state index in [1.54, 1.807) is 24.6 Å². The van der Waals surface area contributed by atoms with Crippen molar-refractivity contribution in [3.63, 3.8) is 0 Å². The molecule has 2 aromatic rings. The largest absolute Gasteiger partial charge is 0.463 e. The fourth-order valence-corrected chi connectivity index (χ4v) is 2.98. The van der Waals surface area contributed by atoms with Crippen molar-refractivity contribution in [2.75, 3.05) is 26.2 Å². The monoisotopic (exact) mass is 313 g/mol. The van der Waals surface area contributed by atoms with Crippen LogP contribution in [0.5, 0.6) is 0 Å². The summed E-state index contributed by atoms with van der Waals surface area (Å²) in [4.78, 5) is 19.1. The number of aromatic nitrogens is 1. The molecule has 122 valence electrons. The van der Waals surface area contributed by atoms with Crippen LogP contribution in [-0.2, 0) is 0 Å². The third-order valence-corrected chi connectivity index (χ3v) is 4.50. The molecule has 3 heterocycles. The zero-order valence-electron chi connectivity index (χ0n) is 13.5. The van der Waals surface area contributed by atoms with E-state index in [-0.39, 0.29) is 5.91 Å². The van der Waals surface area contributed by atoms with Crippen LogP contribution in [0.1, 0.15) is 30.1 Å². The first-order chi connectivity index (χ1) is 11.3. The van der Waals surface area contributed by atoms with Crippen LogP contribution in [0.2, 0.25) is 0 Å². The lowest BCUT2D eigenvalue weighted by Crippen LogP contribution is -2.38. The Morgan fingerprint density at radius 2 is 2.22 bits per heavy atom. The number of pyridine rings is 1. The molecular formula is C18H23N3O2. The molecule has 1 fully saturated rings. The van der Waals surface area contributed by atoms with Gasteiger partial charge in [-0.2, -0.15) is 0 Å². The zero-order valence-corrected chi connectivity index (χ0v) is 13.5. The van der Waals surface area contributed by atoms with Gasteiger partial charge in [-0.25, -0.2) is 0 Å². The molecule has 5 heteroatoms. The second kappa shape index (κ2) is 7.42. The summed E-state index contributed by atoms with van der Waals surface area (Å²) in [5.41, 5.74) is 1.30. The summed E-state index contributed by atoms with van der Waals surface area (Å²) < 4.78 is 5.33. The van der Waals surface area contributed by atoms with Gasteiger partial charge in [0.25, 0.3) is 5.91 Å². The van der Waals surface area contributed by atoms with Crippen molar-refractivity contribution in [2.24, 2.45) is 5.92 Å². The van der Waals surface area contributed by atoms with Gasteiger partial charge < -0.3 is 14.6 Å². The highest BCUT2D eigenvalue weighted by Crippen LogP contribution is 2.19. The van der Waals surface area contributed by atoms with Crippen LogP contribution in [0.3, 0.4) is 0 Å². The second-order valence-corrected chi connectivity index (χ2v) is 5.99. The summed E-state index contributed by atoms with van der Waals surface area (Å²) in [7, 11) is 0. The van der Waals surface area contributed by atoms with Gasteiger partial charge in [-0.3, -0.25) is 9.78 Å². The molecule has 0 aliphatic carbocycles. The molecule has 2 aromatic heterocycles. The molecule has 0 bridgehead atoms. The van der Waals surface area contributed by atoms with Crippen LogP contribution >= 0.6 is 0 Å². The lowest BCUT2D eigenvalue weighted by atomic mass is 9.97. The average molecular weight is 313 g/mol. The number of carbonyl (C=O) groups is 1.